The minimum absolute atomic E-state index is 0.0588. The number of H-pyrrole nitrogens is 2. The summed E-state index contributed by atoms with van der Waals surface area (Å²) in [6, 6.07) is 8.45. The Kier molecular flexibility index (Phi) is 12.4. The van der Waals surface area contributed by atoms with Crippen molar-refractivity contribution in [2.45, 2.75) is 76.9 Å². The number of methoxy groups -OCH3 is 1. The summed E-state index contributed by atoms with van der Waals surface area (Å²) >= 11 is 0. The molecule has 1 saturated heterocycles. The number of imidazole rings is 2. The molecule has 6 rings (SSSR count). The van der Waals surface area contributed by atoms with Gasteiger partial charge in [0.25, 0.3) is 0 Å². The number of benzene rings is 1. The second kappa shape index (κ2) is 17.5. The number of carbonyl (C=O) groups is 3. The lowest BCUT2D eigenvalue weighted by atomic mass is 9.78. The first kappa shape index (κ1) is 38.9. The Morgan fingerprint density at radius 2 is 1.71 bits per heavy atom. The quantitative estimate of drug-likeness (QED) is 0.105. The van der Waals surface area contributed by atoms with Gasteiger partial charge in [0.15, 0.2) is 0 Å². The summed E-state index contributed by atoms with van der Waals surface area (Å²) in [5, 5.41) is 5.64. The molecule has 3 aromatic heterocycles. The smallest absolute Gasteiger partial charge is 0.407 e. The standard InChI is InChI=1S/C42H49FN8O4/c1-25(2)37(50-42(54)55-5)41(53)51-18-8-11-36(51)39-46-24-35(49-39)30-16-14-29(15-17-30)26(3)12-13-27(4)34-23-45-38(48-34)32-9-6-7-10-33(32)40(52)47-21-28-19-31(43)22-44-20-28/h12-17,19-20,22-25,32-33,36-37H,3-4,6-11,18,21H2,1-2,5H3,(H,45,48)(H,46,49)(H,47,52)(H,50,54)/b13-12-/t32-,33?,36?,37?/m1/s1. The number of nitrogens with zero attached hydrogens (tertiary/aromatic N) is 4. The van der Waals surface area contributed by atoms with Crippen LogP contribution in [0, 0.1) is 17.7 Å². The Morgan fingerprint density at radius 1 is 0.964 bits per heavy atom. The summed E-state index contributed by atoms with van der Waals surface area (Å²) in [5.74, 6) is 0.406. The van der Waals surface area contributed by atoms with Crippen LogP contribution in [0.25, 0.3) is 22.4 Å². The number of rotatable bonds is 13. The number of halogens is 1. The third kappa shape index (κ3) is 9.28. The van der Waals surface area contributed by atoms with Crippen LogP contribution in [0.3, 0.4) is 0 Å². The number of carbonyl (C=O) groups excluding carboxylic acids is 3. The Labute approximate surface area is 320 Å². The molecule has 0 bridgehead atoms. The summed E-state index contributed by atoms with van der Waals surface area (Å²) in [4.78, 5) is 60.4. The number of pyridine rings is 1. The number of allylic oxidation sites excluding steroid dienone is 4. The van der Waals surface area contributed by atoms with Crippen LogP contribution in [0.2, 0.25) is 0 Å². The first-order chi connectivity index (χ1) is 26.5. The van der Waals surface area contributed by atoms with Crippen LogP contribution in [0.1, 0.15) is 92.8 Å². The van der Waals surface area contributed by atoms with E-state index in [1.807, 2.05) is 50.3 Å². The second-order valence-corrected chi connectivity index (χ2v) is 14.6. The highest BCUT2D eigenvalue weighted by Crippen LogP contribution is 2.37. The van der Waals surface area contributed by atoms with Gasteiger partial charge in [-0.15, -0.1) is 0 Å². The van der Waals surface area contributed by atoms with Crippen molar-refractivity contribution in [3.63, 3.8) is 0 Å². The van der Waals surface area contributed by atoms with Gasteiger partial charge in [-0.1, -0.05) is 76.3 Å². The van der Waals surface area contributed by atoms with E-state index < -0.39 is 18.0 Å². The average molecular weight is 749 g/mol. The molecule has 4 N–H and O–H groups in total. The summed E-state index contributed by atoms with van der Waals surface area (Å²) in [5.41, 5.74) is 5.63. The molecule has 4 atom stereocenters. The molecule has 0 spiro atoms. The highest BCUT2D eigenvalue weighted by molar-refractivity contribution is 5.86. The molecule has 4 aromatic rings. The number of alkyl carbamates (subject to hydrolysis) is 1. The van der Waals surface area contributed by atoms with Crippen molar-refractivity contribution in [1.29, 1.82) is 0 Å². The molecule has 1 saturated carbocycles. The molecular formula is C42H49FN8O4. The fourth-order valence-corrected chi connectivity index (χ4v) is 7.43. The van der Waals surface area contributed by atoms with Crippen LogP contribution in [0.5, 0.6) is 0 Å². The fourth-order valence-electron chi connectivity index (χ4n) is 7.43. The molecule has 288 valence electrons. The number of ether oxygens (including phenoxy) is 1. The van der Waals surface area contributed by atoms with Crippen LogP contribution in [0.4, 0.5) is 9.18 Å². The monoisotopic (exact) mass is 748 g/mol. The van der Waals surface area contributed by atoms with E-state index in [9.17, 15) is 18.8 Å². The molecule has 3 amide bonds. The van der Waals surface area contributed by atoms with E-state index in [0.29, 0.717) is 17.9 Å². The maximum Gasteiger partial charge on any atom is 0.407 e. The Bertz CT molecular complexity index is 2050. The van der Waals surface area contributed by atoms with Crippen LogP contribution in [0.15, 0.2) is 80.4 Å². The predicted molar refractivity (Wildman–Crippen MR) is 208 cm³/mol. The zero-order chi connectivity index (χ0) is 39.1. The number of nitrogens with one attached hydrogen (secondary N) is 4. The van der Waals surface area contributed by atoms with Crippen molar-refractivity contribution < 1.29 is 23.5 Å². The number of aromatic nitrogens is 5. The number of hydrogen-bond acceptors (Lipinski definition) is 7. The van der Waals surface area contributed by atoms with Crippen LogP contribution < -0.4 is 10.6 Å². The maximum absolute atomic E-state index is 13.6. The fraction of sp³-hybridized carbons (Fsp3) is 0.381. The molecule has 1 aliphatic heterocycles. The second-order valence-electron chi connectivity index (χ2n) is 14.6. The van der Waals surface area contributed by atoms with Gasteiger partial charge in [-0.25, -0.2) is 19.2 Å². The van der Waals surface area contributed by atoms with Crippen molar-refractivity contribution in [2.75, 3.05) is 13.7 Å². The van der Waals surface area contributed by atoms with Crippen molar-refractivity contribution >= 4 is 29.1 Å². The minimum atomic E-state index is -0.695. The van der Waals surface area contributed by atoms with Gasteiger partial charge in [0.2, 0.25) is 11.8 Å². The van der Waals surface area contributed by atoms with Gasteiger partial charge in [0, 0.05) is 31.1 Å². The van der Waals surface area contributed by atoms with Crippen molar-refractivity contribution in [1.82, 2.24) is 40.5 Å². The third-order valence-corrected chi connectivity index (χ3v) is 10.5. The van der Waals surface area contributed by atoms with Gasteiger partial charge >= 0.3 is 6.09 Å². The van der Waals surface area contributed by atoms with Crippen LogP contribution in [-0.2, 0) is 20.9 Å². The Hall–Kier alpha value is -5.85. The molecule has 55 heavy (non-hydrogen) atoms. The van der Waals surface area contributed by atoms with E-state index in [2.05, 4.69) is 48.7 Å². The maximum atomic E-state index is 13.6. The number of likely N-dealkylation sites (tertiary alicyclic amines) is 1. The highest BCUT2D eigenvalue weighted by Gasteiger charge is 2.38. The van der Waals surface area contributed by atoms with Crippen LogP contribution in [-0.4, -0.2) is 67.4 Å². The normalized spacial score (nSPS) is 19.0. The van der Waals surface area contributed by atoms with Crippen molar-refractivity contribution in [3.05, 3.63) is 115 Å². The Morgan fingerprint density at radius 3 is 2.45 bits per heavy atom. The first-order valence-electron chi connectivity index (χ1n) is 18.8. The van der Waals surface area contributed by atoms with E-state index >= 15 is 0 Å². The largest absolute Gasteiger partial charge is 0.453 e. The highest BCUT2D eigenvalue weighted by atomic mass is 19.1. The molecule has 3 unspecified atom stereocenters. The SMILES string of the molecule is C=C(/C=C\C(=C)c1cnc([C@@H]2CCCCC2C(=O)NCc2cncc(F)c2)[nH]1)c1ccc(-c2cnc(C3CCCN3C(=O)C(NC(=O)OC)C(C)C)[nH]2)cc1. The summed E-state index contributed by atoms with van der Waals surface area (Å²) < 4.78 is 18.3. The predicted octanol–water partition coefficient (Wildman–Crippen LogP) is 7.25. The number of hydrogen-bond donors (Lipinski definition) is 4. The van der Waals surface area contributed by atoms with E-state index in [0.717, 1.165) is 84.2 Å². The minimum Gasteiger partial charge on any atom is -0.453 e. The van der Waals surface area contributed by atoms with Crippen molar-refractivity contribution in [3.8, 4) is 11.3 Å². The Balaban J connectivity index is 1.05. The van der Waals surface area contributed by atoms with E-state index in [1.165, 1.54) is 13.2 Å². The van der Waals surface area contributed by atoms with Crippen molar-refractivity contribution in [2.24, 2.45) is 11.8 Å². The molecule has 4 heterocycles. The lowest BCUT2D eigenvalue weighted by Gasteiger charge is -2.30. The van der Waals surface area contributed by atoms with E-state index in [-0.39, 0.29) is 42.2 Å². The zero-order valence-corrected chi connectivity index (χ0v) is 31.6. The summed E-state index contributed by atoms with van der Waals surface area (Å²) in [7, 11) is 1.28. The van der Waals surface area contributed by atoms with Gasteiger partial charge < -0.3 is 30.2 Å². The van der Waals surface area contributed by atoms with Gasteiger partial charge in [-0.3, -0.25) is 14.6 Å². The molecule has 1 aliphatic carbocycles. The molecule has 2 fully saturated rings. The van der Waals surface area contributed by atoms with Gasteiger partial charge in [-0.05, 0) is 65.5 Å². The van der Waals surface area contributed by atoms with Gasteiger partial charge in [0.05, 0.1) is 43.1 Å². The zero-order valence-electron chi connectivity index (χ0n) is 31.6. The summed E-state index contributed by atoms with van der Waals surface area (Å²) in [6.07, 6.45) is 14.6. The molecular weight excluding hydrogens is 700 g/mol. The summed E-state index contributed by atoms with van der Waals surface area (Å²) in [6.45, 7) is 13.1. The third-order valence-electron chi connectivity index (χ3n) is 10.5. The van der Waals surface area contributed by atoms with E-state index in [1.54, 1.807) is 23.5 Å². The topological polar surface area (TPSA) is 158 Å². The average Bonchev–Trinajstić information content (AvgIpc) is 3.99. The molecule has 13 heteroatoms. The van der Waals surface area contributed by atoms with Crippen LogP contribution >= 0.6 is 0 Å². The molecule has 12 nitrogen and oxygen atoms in total. The number of aromatic amines is 2. The first-order valence-corrected chi connectivity index (χ1v) is 18.8. The molecule has 0 radical (unpaired) electrons. The lowest BCUT2D eigenvalue weighted by Crippen LogP contribution is -2.51. The molecule has 2 aliphatic rings. The van der Waals surface area contributed by atoms with Gasteiger partial charge in [0.1, 0.15) is 23.5 Å². The van der Waals surface area contributed by atoms with E-state index in [4.69, 9.17) is 4.74 Å². The molecule has 1 aromatic carbocycles. The lowest BCUT2D eigenvalue weighted by molar-refractivity contribution is -0.135. The van der Waals surface area contributed by atoms with Gasteiger partial charge in [-0.2, -0.15) is 0 Å². The number of amides is 3.